The Kier molecular flexibility index (Phi) is 5.72. The molecule has 0 aromatic heterocycles. The van der Waals surface area contributed by atoms with Gasteiger partial charge in [-0.2, -0.15) is 0 Å². The second-order valence-electron chi connectivity index (χ2n) is 7.38. The maximum Gasteiger partial charge on any atom is 0.228 e. The molecule has 0 spiro atoms. The first-order chi connectivity index (χ1) is 12.0. The highest BCUT2D eigenvalue weighted by Crippen LogP contribution is 2.31. The highest BCUT2D eigenvalue weighted by Gasteiger charge is 2.40. The van der Waals surface area contributed by atoms with Crippen LogP contribution in [0.25, 0.3) is 0 Å². The van der Waals surface area contributed by atoms with Crippen molar-refractivity contribution in [2.45, 2.75) is 62.9 Å². The number of carbonyl (C=O) groups is 2. The van der Waals surface area contributed by atoms with E-state index >= 15 is 0 Å². The summed E-state index contributed by atoms with van der Waals surface area (Å²) >= 11 is 1.68. The Labute approximate surface area is 154 Å². The molecule has 1 aliphatic heterocycles. The topological polar surface area (TPSA) is 40.6 Å². The van der Waals surface area contributed by atoms with E-state index in [-0.39, 0.29) is 23.8 Å². The predicted molar refractivity (Wildman–Crippen MR) is 103 cm³/mol. The summed E-state index contributed by atoms with van der Waals surface area (Å²) in [7, 11) is 0. The molecule has 1 heterocycles. The number of anilines is 1. The summed E-state index contributed by atoms with van der Waals surface area (Å²) in [4.78, 5) is 30.7. The third kappa shape index (κ3) is 3.86. The lowest BCUT2D eigenvalue weighted by molar-refractivity contribution is -0.140. The minimum Gasteiger partial charge on any atom is -0.337 e. The molecular weight excluding hydrogens is 332 g/mol. The van der Waals surface area contributed by atoms with Gasteiger partial charge in [0, 0.05) is 35.6 Å². The average Bonchev–Trinajstić information content (AvgIpc) is 3.25. The van der Waals surface area contributed by atoms with E-state index in [1.165, 1.54) is 17.7 Å². The van der Waals surface area contributed by atoms with Crippen molar-refractivity contribution in [3.05, 3.63) is 24.3 Å². The third-order valence-corrected chi connectivity index (χ3v) is 6.13. The van der Waals surface area contributed by atoms with E-state index in [1.54, 1.807) is 16.7 Å². The molecule has 136 valence electrons. The first-order valence-corrected chi connectivity index (χ1v) is 10.5. The average molecular weight is 361 g/mol. The largest absolute Gasteiger partial charge is 0.337 e. The fourth-order valence-electron chi connectivity index (χ4n) is 4.13. The van der Waals surface area contributed by atoms with Crippen LogP contribution in [0.15, 0.2) is 29.2 Å². The van der Waals surface area contributed by atoms with E-state index in [2.05, 4.69) is 18.7 Å². The molecule has 0 N–H and O–H groups in total. The lowest BCUT2D eigenvalue weighted by atomic mass is 10.0. The number of hydrogen-bond donors (Lipinski definition) is 0. The number of nitrogens with zero attached hydrogens (tertiary/aromatic N) is 2. The van der Waals surface area contributed by atoms with Crippen molar-refractivity contribution < 1.29 is 9.59 Å². The number of hydrogen-bond acceptors (Lipinski definition) is 3. The van der Waals surface area contributed by atoms with Crippen molar-refractivity contribution in [2.24, 2.45) is 5.92 Å². The fourth-order valence-corrected chi connectivity index (χ4v) is 4.54. The first kappa shape index (κ1) is 18.3. The van der Waals surface area contributed by atoms with Crippen molar-refractivity contribution in [1.29, 1.82) is 0 Å². The number of benzene rings is 1. The van der Waals surface area contributed by atoms with E-state index < -0.39 is 0 Å². The molecule has 25 heavy (non-hydrogen) atoms. The Morgan fingerprint density at radius 3 is 2.40 bits per heavy atom. The molecule has 1 aliphatic carbocycles. The molecule has 5 heteroatoms. The van der Waals surface area contributed by atoms with Gasteiger partial charge in [-0.05, 0) is 57.2 Å². The molecule has 3 rings (SSSR count). The SMILES string of the molecule is CSc1ccc(N2CC(C(=O)N(C(C)C)C3CCCC3)CC2=O)cc1. The summed E-state index contributed by atoms with van der Waals surface area (Å²) < 4.78 is 0. The smallest absolute Gasteiger partial charge is 0.228 e. The molecule has 4 nitrogen and oxygen atoms in total. The van der Waals surface area contributed by atoms with E-state index in [9.17, 15) is 9.59 Å². The summed E-state index contributed by atoms with van der Waals surface area (Å²) in [5.41, 5.74) is 0.898. The van der Waals surface area contributed by atoms with Gasteiger partial charge in [-0.25, -0.2) is 0 Å². The van der Waals surface area contributed by atoms with Crippen LogP contribution in [-0.2, 0) is 9.59 Å². The van der Waals surface area contributed by atoms with E-state index in [4.69, 9.17) is 0 Å². The zero-order valence-electron chi connectivity index (χ0n) is 15.4. The highest BCUT2D eigenvalue weighted by molar-refractivity contribution is 7.98. The Hall–Kier alpha value is -1.49. The maximum atomic E-state index is 13.1. The summed E-state index contributed by atoms with van der Waals surface area (Å²) in [6, 6.07) is 8.57. The van der Waals surface area contributed by atoms with Crippen molar-refractivity contribution in [2.75, 3.05) is 17.7 Å². The molecule has 1 saturated carbocycles. The lowest BCUT2D eigenvalue weighted by Gasteiger charge is -2.34. The van der Waals surface area contributed by atoms with Crippen LogP contribution in [0.4, 0.5) is 5.69 Å². The molecule has 1 saturated heterocycles. The van der Waals surface area contributed by atoms with Gasteiger partial charge in [-0.1, -0.05) is 12.8 Å². The Morgan fingerprint density at radius 2 is 1.84 bits per heavy atom. The van der Waals surface area contributed by atoms with Gasteiger partial charge in [0.05, 0.1) is 5.92 Å². The van der Waals surface area contributed by atoms with Crippen molar-refractivity contribution in [1.82, 2.24) is 4.90 Å². The van der Waals surface area contributed by atoms with Gasteiger partial charge >= 0.3 is 0 Å². The van der Waals surface area contributed by atoms with Gasteiger partial charge in [0.25, 0.3) is 0 Å². The third-order valence-electron chi connectivity index (χ3n) is 5.39. The number of carbonyl (C=O) groups excluding carboxylic acids is 2. The zero-order chi connectivity index (χ0) is 18.0. The predicted octanol–water partition coefficient (Wildman–Crippen LogP) is 3.94. The molecule has 1 aromatic rings. The first-order valence-electron chi connectivity index (χ1n) is 9.28. The number of thioether (sulfide) groups is 1. The number of amides is 2. The van der Waals surface area contributed by atoms with E-state index in [0.29, 0.717) is 19.0 Å². The van der Waals surface area contributed by atoms with Gasteiger partial charge in [-0.15, -0.1) is 11.8 Å². The molecular formula is C20H28N2O2S. The summed E-state index contributed by atoms with van der Waals surface area (Å²) in [6.45, 7) is 4.68. The van der Waals surface area contributed by atoms with Crippen LogP contribution in [0.3, 0.4) is 0 Å². The monoisotopic (exact) mass is 360 g/mol. The standard InChI is InChI=1S/C20H28N2O2S/c1-14(2)22(17-6-4-5-7-17)20(24)15-12-19(23)21(13-15)16-8-10-18(25-3)11-9-16/h8-11,14-15,17H,4-7,12-13H2,1-3H3. The normalized spacial score (nSPS) is 21.4. The maximum absolute atomic E-state index is 13.1. The quantitative estimate of drug-likeness (QED) is 0.747. The van der Waals surface area contributed by atoms with Crippen LogP contribution < -0.4 is 4.90 Å². The van der Waals surface area contributed by atoms with Crippen molar-refractivity contribution in [3.63, 3.8) is 0 Å². The van der Waals surface area contributed by atoms with Crippen molar-refractivity contribution >= 4 is 29.3 Å². The Balaban J connectivity index is 1.72. The van der Waals surface area contributed by atoms with Gasteiger partial charge in [0.2, 0.25) is 11.8 Å². The molecule has 2 aliphatic rings. The molecule has 2 amide bonds. The van der Waals surface area contributed by atoms with Crippen LogP contribution >= 0.6 is 11.8 Å². The van der Waals surface area contributed by atoms with Crippen LogP contribution in [-0.4, -0.2) is 41.6 Å². The fraction of sp³-hybridized carbons (Fsp3) is 0.600. The second kappa shape index (κ2) is 7.81. The highest BCUT2D eigenvalue weighted by atomic mass is 32.2. The van der Waals surface area contributed by atoms with E-state index in [0.717, 1.165) is 18.5 Å². The molecule has 0 bridgehead atoms. The zero-order valence-corrected chi connectivity index (χ0v) is 16.2. The Bertz CT molecular complexity index is 623. The summed E-state index contributed by atoms with van der Waals surface area (Å²) in [6.07, 6.45) is 6.99. The lowest BCUT2D eigenvalue weighted by Crippen LogP contribution is -2.47. The van der Waals surface area contributed by atoms with E-state index in [1.807, 2.05) is 30.5 Å². The van der Waals surface area contributed by atoms with Crippen molar-refractivity contribution in [3.8, 4) is 0 Å². The minimum absolute atomic E-state index is 0.0605. The molecule has 2 fully saturated rings. The molecule has 1 atom stereocenters. The summed E-state index contributed by atoms with van der Waals surface area (Å²) in [5.74, 6) is 0.0135. The van der Waals surface area contributed by atoms with Gasteiger partial charge in [-0.3, -0.25) is 9.59 Å². The number of rotatable bonds is 5. The van der Waals surface area contributed by atoms with Crippen LogP contribution in [0.1, 0.15) is 46.0 Å². The molecule has 1 unspecified atom stereocenters. The molecule has 1 aromatic carbocycles. The van der Waals surface area contributed by atoms with Gasteiger partial charge in [0.15, 0.2) is 0 Å². The van der Waals surface area contributed by atoms with Gasteiger partial charge in [0.1, 0.15) is 0 Å². The molecule has 0 radical (unpaired) electrons. The van der Waals surface area contributed by atoms with Gasteiger partial charge < -0.3 is 9.80 Å². The second-order valence-corrected chi connectivity index (χ2v) is 8.26. The summed E-state index contributed by atoms with van der Waals surface area (Å²) in [5, 5.41) is 0. The van der Waals surface area contributed by atoms with Crippen LogP contribution in [0.2, 0.25) is 0 Å². The van der Waals surface area contributed by atoms with Crippen LogP contribution in [0.5, 0.6) is 0 Å². The minimum atomic E-state index is -0.212. The Morgan fingerprint density at radius 1 is 1.20 bits per heavy atom. The van der Waals surface area contributed by atoms with Crippen LogP contribution in [0, 0.1) is 5.92 Å².